The third-order valence-electron chi connectivity index (χ3n) is 3.84. The first-order valence-electron chi connectivity index (χ1n) is 7.87. The summed E-state index contributed by atoms with van der Waals surface area (Å²) in [6, 6.07) is 17.7. The Morgan fingerprint density at radius 2 is 1.78 bits per heavy atom. The second kappa shape index (κ2) is 8.34. The lowest BCUT2D eigenvalue weighted by molar-refractivity contribution is -0.119. The van der Waals surface area contributed by atoms with Gasteiger partial charge in [-0.05, 0) is 36.2 Å². The number of rotatable bonds is 7. The average Bonchev–Trinajstić information content (AvgIpc) is 2.56. The van der Waals surface area contributed by atoms with Crippen LogP contribution < -0.4 is 10.2 Å². The van der Waals surface area contributed by atoms with Gasteiger partial charge in [0.25, 0.3) is 0 Å². The highest BCUT2D eigenvalue weighted by atomic mass is 16.3. The minimum atomic E-state index is -0.0888. The van der Waals surface area contributed by atoms with Crippen LogP contribution in [0.15, 0.2) is 54.6 Å². The minimum Gasteiger partial charge on any atom is -0.395 e. The highest BCUT2D eigenvalue weighted by molar-refractivity contribution is 5.92. The summed E-state index contributed by atoms with van der Waals surface area (Å²) in [5.74, 6) is -0.0699. The van der Waals surface area contributed by atoms with Crippen LogP contribution in [0.3, 0.4) is 0 Å². The summed E-state index contributed by atoms with van der Waals surface area (Å²) in [4.78, 5) is 14.2. The fourth-order valence-electron chi connectivity index (χ4n) is 2.40. The number of anilines is 2. The molecule has 1 unspecified atom stereocenters. The number of benzene rings is 2. The van der Waals surface area contributed by atoms with Crippen molar-refractivity contribution >= 4 is 17.3 Å². The third-order valence-corrected chi connectivity index (χ3v) is 3.84. The number of carbonyl (C=O) groups excluding carboxylic acids is 1. The van der Waals surface area contributed by atoms with Gasteiger partial charge in [0, 0.05) is 30.9 Å². The molecule has 0 saturated carbocycles. The van der Waals surface area contributed by atoms with E-state index in [1.807, 2.05) is 73.5 Å². The van der Waals surface area contributed by atoms with Gasteiger partial charge in [0.2, 0.25) is 5.91 Å². The van der Waals surface area contributed by atoms with Gasteiger partial charge in [-0.3, -0.25) is 4.79 Å². The van der Waals surface area contributed by atoms with Crippen LogP contribution in [0.5, 0.6) is 0 Å². The zero-order valence-corrected chi connectivity index (χ0v) is 13.7. The average molecular weight is 312 g/mol. The lowest BCUT2D eigenvalue weighted by Gasteiger charge is -2.18. The Balaban J connectivity index is 1.92. The monoisotopic (exact) mass is 312 g/mol. The Morgan fingerprint density at radius 1 is 1.13 bits per heavy atom. The number of amides is 1. The number of nitrogens with one attached hydrogen (secondary N) is 1. The first-order chi connectivity index (χ1) is 11.1. The molecule has 0 bridgehead atoms. The van der Waals surface area contributed by atoms with E-state index in [-0.39, 0.29) is 18.4 Å². The molecule has 0 aliphatic carbocycles. The molecule has 4 nitrogen and oxygen atoms in total. The Hall–Kier alpha value is -2.33. The second-order valence-electron chi connectivity index (χ2n) is 5.77. The molecule has 2 N–H and O–H groups in total. The molecule has 0 fully saturated rings. The molecule has 0 spiro atoms. The molecule has 0 aliphatic rings. The van der Waals surface area contributed by atoms with Crippen LogP contribution in [-0.2, 0) is 11.2 Å². The number of aliphatic hydroxyl groups is 1. The number of carbonyl (C=O) groups is 1. The summed E-state index contributed by atoms with van der Waals surface area (Å²) < 4.78 is 0. The van der Waals surface area contributed by atoms with Crippen molar-refractivity contribution in [1.29, 1.82) is 0 Å². The molecule has 4 heteroatoms. The van der Waals surface area contributed by atoms with E-state index in [0.29, 0.717) is 6.54 Å². The molecule has 2 rings (SSSR count). The van der Waals surface area contributed by atoms with Crippen molar-refractivity contribution < 1.29 is 9.90 Å². The number of hydrogen-bond donors (Lipinski definition) is 2. The SMILES string of the molecule is CC(Cc1ccccc1)C(=O)Nc1ccc(N(C)CCO)cc1. The van der Waals surface area contributed by atoms with Gasteiger partial charge in [-0.2, -0.15) is 0 Å². The van der Waals surface area contributed by atoms with Gasteiger partial charge in [0.1, 0.15) is 0 Å². The molecule has 2 aromatic rings. The van der Waals surface area contributed by atoms with Crippen LogP contribution in [0, 0.1) is 5.92 Å². The molecule has 1 amide bonds. The molecule has 0 aromatic heterocycles. The minimum absolute atomic E-state index is 0.0188. The zero-order chi connectivity index (χ0) is 16.7. The normalized spacial score (nSPS) is 11.8. The van der Waals surface area contributed by atoms with Crippen LogP contribution in [0.4, 0.5) is 11.4 Å². The van der Waals surface area contributed by atoms with Gasteiger partial charge < -0.3 is 15.3 Å². The van der Waals surface area contributed by atoms with Gasteiger partial charge in [0.05, 0.1) is 6.61 Å². The predicted octanol–water partition coefficient (Wildman–Crippen LogP) is 2.93. The second-order valence-corrected chi connectivity index (χ2v) is 5.77. The quantitative estimate of drug-likeness (QED) is 0.826. The van der Waals surface area contributed by atoms with E-state index in [0.717, 1.165) is 23.4 Å². The zero-order valence-electron chi connectivity index (χ0n) is 13.7. The number of nitrogens with zero attached hydrogens (tertiary/aromatic N) is 1. The van der Waals surface area contributed by atoms with E-state index in [4.69, 9.17) is 5.11 Å². The fraction of sp³-hybridized carbons (Fsp3) is 0.316. The van der Waals surface area contributed by atoms with Crippen LogP contribution in [0.25, 0.3) is 0 Å². The summed E-state index contributed by atoms with van der Waals surface area (Å²) in [7, 11) is 1.92. The number of hydrogen-bond acceptors (Lipinski definition) is 3. The standard InChI is InChI=1S/C19H24N2O2/c1-15(14-16-6-4-3-5-7-16)19(23)20-17-8-10-18(11-9-17)21(2)12-13-22/h3-11,15,22H,12-14H2,1-2H3,(H,20,23). The summed E-state index contributed by atoms with van der Waals surface area (Å²) in [5.41, 5.74) is 2.96. The molecule has 0 radical (unpaired) electrons. The predicted molar refractivity (Wildman–Crippen MR) is 94.7 cm³/mol. The van der Waals surface area contributed by atoms with E-state index >= 15 is 0 Å². The van der Waals surface area contributed by atoms with Crippen molar-refractivity contribution in [1.82, 2.24) is 0 Å². The van der Waals surface area contributed by atoms with Crippen molar-refractivity contribution in [2.45, 2.75) is 13.3 Å². The van der Waals surface area contributed by atoms with E-state index in [1.54, 1.807) is 0 Å². The lowest BCUT2D eigenvalue weighted by atomic mass is 10.0. The Labute approximate surface area is 137 Å². The first kappa shape index (κ1) is 17.0. The maximum Gasteiger partial charge on any atom is 0.227 e. The lowest BCUT2D eigenvalue weighted by Crippen LogP contribution is -2.23. The molecule has 0 aliphatic heterocycles. The van der Waals surface area contributed by atoms with E-state index in [1.165, 1.54) is 0 Å². The van der Waals surface area contributed by atoms with Gasteiger partial charge >= 0.3 is 0 Å². The van der Waals surface area contributed by atoms with E-state index in [9.17, 15) is 4.79 Å². The summed E-state index contributed by atoms with van der Waals surface area (Å²) in [6.07, 6.45) is 0.726. The molecular weight excluding hydrogens is 288 g/mol. The van der Waals surface area contributed by atoms with E-state index < -0.39 is 0 Å². The first-order valence-corrected chi connectivity index (χ1v) is 7.87. The van der Waals surface area contributed by atoms with Gasteiger partial charge in [-0.15, -0.1) is 0 Å². The topological polar surface area (TPSA) is 52.6 Å². The Morgan fingerprint density at radius 3 is 2.39 bits per heavy atom. The third kappa shape index (κ3) is 5.11. The van der Waals surface area contributed by atoms with Crippen LogP contribution >= 0.6 is 0 Å². The van der Waals surface area contributed by atoms with Crippen molar-refractivity contribution in [3.05, 3.63) is 60.2 Å². The molecule has 122 valence electrons. The summed E-state index contributed by atoms with van der Waals surface area (Å²) in [5, 5.41) is 11.9. The van der Waals surface area contributed by atoms with Crippen LogP contribution in [0.2, 0.25) is 0 Å². The molecule has 1 atom stereocenters. The van der Waals surface area contributed by atoms with Crippen LogP contribution in [-0.4, -0.2) is 31.2 Å². The maximum atomic E-state index is 12.3. The summed E-state index contributed by atoms with van der Waals surface area (Å²) >= 11 is 0. The molecule has 0 heterocycles. The Bertz CT molecular complexity index is 611. The number of aliphatic hydroxyl groups excluding tert-OH is 1. The largest absolute Gasteiger partial charge is 0.395 e. The molecular formula is C19H24N2O2. The van der Waals surface area contributed by atoms with Gasteiger partial charge in [-0.25, -0.2) is 0 Å². The molecule has 2 aromatic carbocycles. The van der Waals surface area contributed by atoms with Crippen molar-refractivity contribution in [3.8, 4) is 0 Å². The Kier molecular flexibility index (Phi) is 6.18. The molecule has 23 heavy (non-hydrogen) atoms. The highest BCUT2D eigenvalue weighted by Gasteiger charge is 2.13. The van der Waals surface area contributed by atoms with Crippen molar-refractivity contribution in [2.24, 2.45) is 5.92 Å². The fourth-order valence-corrected chi connectivity index (χ4v) is 2.40. The van der Waals surface area contributed by atoms with Gasteiger partial charge in [0.15, 0.2) is 0 Å². The number of likely N-dealkylation sites (N-methyl/N-ethyl adjacent to an activating group) is 1. The van der Waals surface area contributed by atoms with E-state index in [2.05, 4.69) is 5.32 Å². The summed E-state index contributed by atoms with van der Waals surface area (Å²) in [6.45, 7) is 2.64. The highest BCUT2D eigenvalue weighted by Crippen LogP contribution is 2.18. The smallest absolute Gasteiger partial charge is 0.227 e. The molecule has 0 saturated heterocycles. The van der Waals surface area contributed by atoms with Crippen molar-refractivity contribution in [2.75, 3.05) is 30.4 Å². The van der Waals surface area contributed by atoms with Crippen molar-refractivity contribution in [3.63, 3.8) is 0 Å². The van der Waals surface area contributed by atoms with Crippen LogP contribution in [0.1, 0.15) is 12.5 Å². The van der Waals surface area contributed by atoms with Gasteiger partial charge in [-0.1, -0.05) is 37.3 Å². The maximum absolute atomic E-state index is 12.3.